The van der Waals surface area contributed by atoms with E-state index in [1.165, 1.54) is 22.8 Å². The minimum absolute atomic E-state index is 0.0708. The van der Waals surface area contributed by atoms with Crippen molar-refractivity contribution in [3.63, 3.8) is 0 Å². The zero-order chi connectivity index (χ0) is 25.7. The van der Waals surface area contributed by atoms with E-state index in [9.17, 15) is 19.1 Å². The second kappa shape index (κ2) is 8.63. The Hall–Kier alpha value is -3.93. The Morgan fingerprint density at radius 2 is 1.89 bits per heavy atom. The van der Waals surface area contributed by atoms with Crippen LogP contribution in [-0.2, 0) is 15.2 Å². The molecule has 2 saturated heterocycles. The first-order valence-corrected chi connectivity index (χ1v) is 11.6. The van der Waals surface area contributed by atoms with E-state index in [0.717, 1.165) is 0 Å². The number of aromatic nitrogens is 4. The molecule has 0 radical (unpaired) electrons. The Morgan fingerprint density at radius 3 is 2.56 bits per heavy atom. The van der Waals surface area contributed by atoms with Gasteiger partial charge in [-0.3, -0.25) is 9.59 Å². The van der Waals surface area contributed by atoms with Gasteiger partial charge in [0.05, 0.1) is 30.2 Å². The number of nitrogens with one attached hydrogen (secondary N) is 1. The minimum atomic E-state index is -1.74. The van der Waals surface area contributed by atoms with Gasteiger partial charge in [0, 0.05) is 32.3 Å². The van der Waals surface area contributed by atoms with E-state index in [1.54, 1.807) is 44.4 Å². The number of pyridine rings is 1. The number of likely N-dealkylation sites (N-methyl/N-ethyl adjacent to an activating group) is 1. The number of aliphatic hydroxyl groups is 1. The Bertz CT molecular complexity index is 1320. The van der Waals surface area contributed by atoms with Crippen molar-refractivity contribution in [2.75, 3.05) is 32.0 Å². The molecule has 2 aliphatic rings. The standard InChI is InChI=1S/C24H26FN7O4/c1-14(20(33)32-12-23(2,25)13-32)27-22-26-9-7-17(29-22)15-5-4-6-16(28-15)18-11-19(36-30-18)24(35)8-10-31(3)21(24)34/h4-7,9,11,14,35H,8,10,12-13H2,1-3H3,(H,26,27,29)/t14?,24-/m1/s1. The minimum Gasteiger partial charge on any atom is -0.373 e. The van der Waals surface area contributed by atoms with Crippen molar-refractivity contribution in [2.24, 2.45) is 0 Å². The second-order valence-corrected chi connectivity index (χ2v) is 9.56. The van der Waals surface area contributed by atoms with Crippen LogP contribution in [0.3, 0.4) is 0 Å². The van der Waals surface area contributed by atoms with Gasteiger partial charge in [0.1, 0.15) is 17.4 Å². The fraction of sp³-hybridized carbons (Fsp3) is 0.417. The predicted octanol–water partition coefficient (Wildman–Crippen LogP) is 1.61. The highest BCUT2D eigenvalue weighted by molar-refractivity contribution is 5.88. The van der Waals surface area contributed by atoms with Crippen LogP contribution in [0.5, 0.6) is 0 Å². The highest BCUT2D eigenvalue weighted by Gasteiger charge is 2.48. The third-order valence-electron chi connectivity index (χ3n) is 6.43. The molecular formula is C24H26FN7O4. The fourth-order valence-corrected chi connectivity index (χ4v) is 4.40. The maximum absolute atomic E-state index is 13.7. The summed E-state index contributed by atoms with van der Waals surface area (Å²) in [6, 6.07) is 7.82. The zero-order valence-corrected chi connectivity index (χ0v) is 20.1. The number of halogens is 1. The van der Waals surface area contributed by atoms with E-state index in [2.05, 4.69) is 25.4 Å². The lowest BCUT2D eigenvalue weighted by atomic mass is 9.98. The van der Waals surface area contributed by atoms with Gasteiger partial charge in [0.2, 0.25) is 17.5 Å². The summed E-state index contributed by atoms with van der Waals surface area (Å²) in [7, 11) is 1.62. The van der Waals surface area contributed by atoms with Crippen molar-refractivity contribution < 1.29 is 23.6 Å². The highest BCUT2D eigenvalue weighted by atomic mass is 19.1. The Labute approximate surface area is 206 Å². The lowest BCUT2D eigenvalue weighted by Crippen LogP contribution is -2.61. The number of carbonyl (C=O) groups excluding carboxylic acids is 2. The summed E-state index contributed by atoms with van der Waals surface area (Å²) in [5.41, 5.74) is -1.22. The van der Waals surface area contributed by atoms with Crippen LogP contribution in [0.2, 0.25) is 0 Å². The summed E-state index contributed by atoms with van der Waals surface area (Å²) < 4.78 is 19.1. The lowest BCUT2D eigenvalue weighted by Gasteiger charge is -2.43. The quantitative estimate of drug-likeness (QED) is 0.522. The van der Waals surface area contributed by atoms with Gasteiger partial charge in [0.15, 0.2) is 5.76 Å². The molecule has 2 N–H and O–H groups in total. The highest BCUT2D eigenvalue weighted by Crippen LogP contribution is 2.34. The molecule has 3 aromatic heterocycles. The Kier molecular flexibility index (Phi) is 5.70. The fourth-order valence-electron chi connectivity index (χ4n) is 4.40. The molecule has 1 unspecified atom stereocenters. The third kappa shape index (κ3) is 4.28. The Morgan fingerprint density at radius 1 is 1.19 bits per heavy atom. The van der Waals surface area contributed by atoms with Crippen LogP contribution >= 0.6 is 0 Å². The molecule has 5 heterocycles. The molecule has 2 amide bonds. The molecule has 2 atom stereocenters. The zero-order valence-electron chi connectivity index (χ0n) is 20.1. The van der Waals surface area contributed by atoms with Gasteiger partial charge >= 0.3 is 0 Å². The number of hydrogen-bond donors (Lipinski definition) is 2. The van der Waals surface area contributed by atoms with E-state index >= 15 is 0 Å². The third-order valence-corrected chi connectivity index (χ3v) is 6.43. The SMILES string of the molecule is CC(Nc1nccc(-c2cccc(-c3cc([C@]4(O)CCN(C)C4=O)on3)n2)n1)C(=O)N1CC(C)(F)C1. The van der Waals surface area contributed by atoms with Crippen molar-refractivity contribution >= 4 is 17.8 Å². The summed E-state index contributed by atoms with van der Waals surface area (Å²) in [5.74, 6) is -0.358. The van der Waals surface area contributed by atoms with Crippen molar-refractivity contribution in [3.05, 3.63) is 42.3 Å². The molecule has 12 heteroatoms. The van der Waals surface area contributed by atoms with Gasteiger partial charge in [-0.1, -0.05) is 11.2 Å². The van der Waals surface area contributed by atoms with Crippen molar-refractivity contribution in [1.82, 2.24) is 29.9 Å². The molecule has 2 fully saturated rings. The molecule has 0 bridgehead atoms. The first kappa shape index (κ1) is 23.8. The van der Waals surface area contributed by atoms with Crippen LogP contribution in [0.25, 0.3) is 22.8 Å². The van der Waals surface area contributed by atoms with Crippen LogP contribution < -0.4 is 5.32 Å². The molecule has 36 heavy (non-hydrogen) atoms. The maximum atomic E-state index is 13.7. The van der Waals surface area contributed by atoms with Crippen molar-refractivity contribution in [1.29, 1.82) is 0 Å². The summed E-state index contributed by atoms with van der Waals surface area (Å²) >= 11 is 0. The molecule has 0 spiro atoms. The number of rotatable bonds is 6. The molecule has 11 nitrogen and oxygen atoms in total. The van der Waals surface area contributed by atoms with Gasteiger partial charge < -0.3 is 24.7 Å². The largest absolute Gasteiger partial charge is 0.373 e. The molecule has 0 aromatic carbocycles. The number of alkyl halides is 1. The monoisotopic (exact) mass is 495 g/mol. The number of anilines is 1. The number of amides is 2. The maximum Gasteiger partial charge on any atom is 0.262 e. The van der Waals surface area contributed by atoms with E-state index in [0.29, 0.717) is 29.3 Å². The predicted molar refractivity (Wildman–Crippen MR) is 126 cm³/mol. The van der Waals surface area contributed by atoms with Crippen LogP contribution in [0.15, 0.2) is 41.1 Å². The van der Waals surface area contributed by atoms with Gasteiger partial charge in [-0.05, 0) is 32.0 Å². The molecule has 2 aliphatic heterocycles. The summed E-state index contributed by atoms with van der Waals surface area (Å²) in [6.45, 7) is 3.70. The van der Waals surface area contributed by atoms with E-state index in [1.807, 2.05) is 0 Å². The van der Waals surface area contributed by atoms with E-state index < -0.39 is 23.2 Å². The summed E-state index contributed by atoms with van der Waals surface area (Å²) in [5, 5.41) is 17.8. The van der Waals surface area contributed by atoms with Crippen molar-refractivity contribution in [2.45, 2.75) is 37.6 Å². The lowest BCUT2D eigenvalue weighted by molar-refractivity contribution is -0.145. The molecule has 0 aliphatic carbocycles. The van der Waals surface area contributed by atoms with Crippen LogP contribution in [0.1, 0.15) is 26.0 Å². The first-order chi connectivity index (χ1) is 17.1. The average molecular weight is 496 g/mol. The van der Waals surface area contributed by atoms with Gasteiger partial charge in [-0.2, -0.15) is 0 Å². The topological polar surface area (TPSA) is 138 Å². The summed E-state index contributed by atoms with van der Waals surface area (Å²) in [6.07, 6.45) is 1.76. The second-order valence-electron chi connectivity index (χ2n) is 9.56. The smallest absolute Gasteiger partial charge is 0.262 e. The summed E-state index contributed by atoms with van der Waals surface area (Å²) in [4.78, 5) is 41.0. The van der Waals surface area contributed by atoms with Gasteiger partial charge in [0.25, 0.3) is 5.91 Å². The van der Waals surface area contributed by atoms with E-state index in [4.69, 9.17) is 4.52 Å². The van der Waals surface area contributed by atoms with Crippen LogP contribution in [0, 0.1) is 0 Å². The number of hydrogen-bond acceptors (Lipinski definition) is 9. The van der Waals surface area contributed by atoms with Crippen LogP contribution in [0.4, 0.5) is 10.3 Å². The molecular weight excluding hydrogens is 469 g/mol. The molecule has 5 rings (SSSR count). The molecule has 0 saturated carbocycles. The average Bonchev–Trinajstić information content (AvgIpc) is 3.45. The number of likely N-dealkylation sites (tertiary alicyclic amines) is 2. The number of nitrogens with zero attached hydrogens (tertiary/aromatic N) is 6. The van der Waals surface area contributed by atoms with Gasteiger partial charge in [-0.25, -0.2) is 19.3 Å². The first-order valence-electron chi connectivity index (χ1n) is 11.6. The van der Waals surface area contributed by atoms with Crippen LogP contribution in [-0.4, -0.2) is 85.2 Å². The number of carbonyl (C=O) groups is 2. The molecule has 188 valence electrons. The van der Waals surface area contributed by atoms with E-state index in [-0.39, 0.29) is 37.1 Å². The molecule has 3 aromatic rings. The normalized spacial score (nSPS) is 21.9. The van der Waals surface area contributed by atoms with Gasteiger partial charge in [-0.15, -0.1) is 0 Å². The Balaban J connectivity index is 1.33. The van der Waals surface area contributed by atoms with Crippen molar-refractivity contribution in [3.8, 4) is 22.8 Å².